The number of hydrogen-bond acceptors (Lipinski definition) is 4. The van der Waals surface area contributed by atoms with E-state index in [1.165, 1.54) is 0 Å². The largest absolute Gasteiger partial charge is 0.493 e. The van der Waals surface area contributed by atoms with Crippen molar-refractivity contribution >= 4 is 11.6 Å². The van der Waals surface area contributed by atoms with Gasteiger partial charge in [-0.3, -0.25) is 4.79 Å². The molecular formula is C20H26N2O3. The first-order chi connectivity index (χ1) is 12.2. The Labute approximate surface area is 149 Å². The second-order valence-corrected chi connectivity index (χ2v) is 5.78. The van der Waals surface area contributed by atoms with Crippen LogP contribution in [0.1, 0.15) is 32.1 Å². The zero-order valence-corrected chi connectivity index (χ0v) is 14.7. The van der Waals surface area contributed by atoms with Crippen LogP contribution in [0.2, 0.25) is 0 Å². The van der Waals surface area contributed by atoms with Gasteiger partial charge in [0.05, 0.1) is 7.11 Å². The summed E-state index contributed by atoms with van der Waals surface area (Å²) in [5.74, 6) is 2.05. The molecule has 0 atom stereocenters. The molecule has 0 aliphatic heterocycles. The summed E-state index contributed by atoms with van der Waals surface area (Å²) in [5.41, 5.74) is 6.22. The van der Waals surface area contributed by atoms with Gasteiger partial charge in [0, 0.05) is 12.1 Å². The summed E-state index contributed by atoms with van der Waals surface area (Å²) in [5, 5.41) is 2.90. The lowest BCUT2D eigenvalue weighted by molar-refractivity contribution is -0.116. The van der Waals surface area contributed by atoms with Gasteiger partial charge in [-0.15, -0.1) is 0 Å². The van der Waals surface area contributed by atoms with Crippen LogP contribution in [-0.4, -0.2) is 19.6 Å². The number of benzene rings is 2. The fourth-order valence-corrected chi connectivity index (χ4v) is 2.44. The summed E-state index contributed by atoms with van der Waals surface area (Å²) in [6.45, 7) is 0.718. The molecule has 0 aliphatic carbocycles. The van der Waals surface area contributed by atoms with E-state index in [-0.39, 0.29) is 5.91 Å². The van der Waals surface area contributed by atoms with Crippen LogP contribution in [0.25, 0.3) is 0 Å². The predicted molar refractivity (Wildman–Crippen MR) is 100 cm³/mol. The molecule has 0 saturated heterocycles. The SMILES string of the molecule is COc1ccccc1Oc1ccc(NC(=O)CCCCCCN)cc1. The Bertz CT molecular complexity index is 656. The van der Waals surface area contributed by atoms with Crippen LogP contribution in [0.4, 0.5) is 5.69 Å². The van der Waals surface area contributed by atoms with Gasteiger partial charge in [-0.05, 0) is 55.8 Å². The molecule has 0 radical (unpaired) electrons. The molecule has 0 unspecified atom stereocenters. The minimum Gasteiger partial charge on any atom is -0.493 e. The molecule has 0 aliphatic rings. The third-order valence-corrected chi connectivity index (χ3v) is 3.79. The average molecular weight is 342 g/mol. The van der Waals surface area contributed by atoms with E-state index in [0.717, 1.165) is 37.9 Å². The highest BCUT2D eigenvalue weighted by Gasteiger charge is 2.06. The van der Waals surface area contributed by atoms with Crippen LogP contribution in [0, 0.1) is 0 Å². The molecule has 2 rings (SSSR count). The zero-order valence-electron chi connectivity index (χ0n) is 14.7. The van der Waals surface area contributed by atoms with Gasteiger partial charge in [0.25, 0.3) is 0 Å². The Morgan fingerprint density at radius 2 is 1.64 bits per heavy atom. The number of carbonyl (C=O) groups is 1. The fraction of sp³-hybridized carbons (Fsp3) is 0.350. The Hall–Kier alpha value is -2.53. The molecule has 134 valence electrons. The molecule has 0 saturated carbocycles. The Kier molecular flexibility index (Phi) is 7.79. The van der Waals surface area contributed by atoms with Gasteiger partial charge in [-0.1, -0.05) is 25.0 Å². The van der Waals surface area contributed by atoms with E-state index in [1.54, 1.807) is 7.11 Å². The summed E-state index contributed by atoms with van der Waals surface area (Å²) in [6.07, 6.45) is 4.56. The van der Waals surface area contributed by atoms with Crippen LogP contribution < -0.4 is 20.5 Å². The Balaban J connectivity index is 1.82. The van der Waals surface area contributed by atoms with Crippen LogP contribution in [-0.2, 0) is 4.79 Å². The molecule has 1 amide bonds. The molecule has 5 heteroatoms. The van der Waals surface area contributed by atoms with Crippen molar-refractivity contribution < 1.29 is 14.3 Å². The van der Waals surface area contributed by atoms with E-state index in [1.807, 2.05) is 48.5 Å². The molecular weight excluding hydrogens is 316 g/mol. The smallest absolute Gasteiger partial charge is 0.224 e. The lowest BCUT2D eigenvalue weighted by Gasteiger charge is -2.11. The highest BCUT2D eigenvalue weighted by molar-refractivity contribution is 5.90. The monoisotopic (exact) mass is 342 g/mol. The number of rotatable bonds is 10. The molecule has 2 aromatic carbocycles. The van der Waals surface area contributed by atoms with Crippen molar-refractivity contribution in [3.63, 3.8) is 0 Å². The summed E-state index contributed by atoms with van der Waals surface area (Å²) in [4.78, 5) is 11.9. The Morgan fingerprint density at radius 3 is 2.32 bits per heavy atom. The highest BCUT2D eigenvalue weighted by Crippen LogP contribution is 2.31. The van der Waals surface area contributed by atoms with Crippen LogP contribution in [0.5, 0.6) is 17.2 Å². The second-order valence-electron chi connectivity index (χ2n) is 5.78. The minimum absolute atomic E-state index is 0.0335. The number of methoxy groups -OCH3 is 1. The standard InChI is InChI=1S/C20H26N2O3/c1-24-18-8-5-6-9-19(18)25-17-13-11-16(12-14-17)22-20(23)10-4-2-3-7-15-21/h5-6,8-9,11-14H,2-4,7,10,15,21H2,1H3,(H,22,23). The first-order valence-corrected chi connectivity index (χ1v) is 8.64. The van der Waals surface area contributed by atoms with Crippen LogP contribution in [0.15, 0.2) is 48.5 Å². The maximum absolute atomic E-state index is 11.9. The molecule has 0 bridgehead atoms. The van der Waals surface area contributed by atoms with E-state index in [0.29, 0.717) is 23.7 Å². The minimum atomic E-state index is 0.0335. The van der Waals surface area contributed by atoms with E-state index in [2.05, 4.69) is 5.32 Å². The van der Waals surface area contributed by atoms with Gasteiger partial charge < -0.3 is 20.5 Å². The number of unbranched alkanes of at least 4 members (excludes halogenated alkanes) is 3. The maximum Gasteiger partial charge on any atom is 0.224 e. The van der Waals surface area contributed by atoms with Gasteiger partial charge in [-0.2, -0.15) is 0 Å². The molecule has 0 fully saturated rings. The van der Waals surface area contributed by atoms with Crippen molar-refractivity contribution in [3.05, 3.63) is 48.5 Å². The maximum atomic E-state index is 11.9. The van der Waals surface area contributed by atoms with E-state index < -0.39 is 0 Å². The highest BCUT2D eigenvalue weighted by atomic mass is 16.5. The topological polar surface area (TPSA) is 73.6 Å². The molecule has 25 heavy (non-hydrogen) atoms. The van der Waals surface area contributed by atoms with E-state index >= 15 is 0 Å². The number of para-hydroxylation sites is 2. The van der Waals surface area contributed by atoms with Crippen molar-refractivity contribution in [1.82, 2.24) is 0 Å². The number of carbonyl (C=O) groups excluding carboxylic acids is 1. The van der Waals surface area contributed by atoms with Gasteiger partial charge in [0.15, 0.2) is 11.5 Å². The number of hydrogen-bond donors (Lipinski definition) is 2. The quantitative estimate of drug-likeness (QED) is 0.630. The Morgan fingerprint density at radius 1 is 0.960 bits per heavy atom. The van der Waals surface area contributed by atoms with E-state index in [9.17, 15) is 4.79 Å². The normalized spacial score (nSPS) is 10.3. The summed E-state index contributed by atoms with van der Waals surface area (Å²) >= 11 is 0. The van der Waals surface area contributed by atoms with Crippen molar-refractivity contribution in [1.29, 1.82) is 0 Å². The van der Waals surface area contributed by atoms with Gasteiger partial charge in [0.1, 0.15) is 5.75 Å². The number of nitrogens with one attached hydrogen (secondary N) is 1. The summed E-state index contributed by atoms with van der Waals surface area (Å²) < 4.78 is 11.1. The third kappa shape index (κ3) is 6.47. The molecule has 0 heterocycles. The molecule has 0 aromatic heterocycles. The number of amides is 1. The lowest BCUT2D eigenvalue weighted by Crippen LogP contribution is -2.11. The molecule has 0 spiro atoms. The second kappa shape index (κ2) is 10.4. The van der Waals surface area contributed by atoms with Gasteiger partial charge in [-0.25, -0.2) is 0 Å². The third-order valence-electron chi connectivity index (χ3n) is 3.79. The molecule has 2 aromatic rings. The van der Waals surface area contributed by atoms with E-state index in [4.69, 9.17) is 15.2 Å². The average Bonchev–Trinajstić information content (AvgIpc) is 2.63. The number of ether oxygens (including phenoxy) is 2. The number of nitrogens with two attached hydrogens (primary N) is 1. The van der Waals surface area contributed by atoms with Gasteiger partial charge >= 0.3 is 0 Å². The summed E-state index contributed by atoms with van der Waals surface area (Å²) in [6, 6.07) is 14.8. The predicted octanol–water partition coefficient (Wildman–Crippen LogP) is 4.34. The first-order valence-electron chi connectivity index (χ1n) is 8.64. The molecule has 5 nitrogen and oxygen atoms in total. The fourth-order valence-electron chi connectivity index (χ4n) is 2.44. The van der Waals surface area contributed by atoms with Crippen molar-refractivity contribution in [2.45, 2.75) is 32.1 Å². The van der Waals surface area contributed by atoms with Gasteiger partial charge in [0.2, 0.25) is 5.91 Å². The van der Waals surface area contributed by atoms with Crippen LogP contribution in [0.3, 0.4) is 0 Å². The van der Waals surface area contributed by atoms with Crippen molar-refractivity contribution in [3.8, 4) is 17.2 Å². The number of anilines is 1. The molecule has 3 N–H and O–H groups in total. The first kappa shape index (κ1) is 18.8. The van der Waals surface area contributed by atoms with Crippen LogP contribution >= 0.6 is 0 Å². The van der Waals surface area contributed by atoms with Crippen molar-refractivity contribution in [2.24, 2.45) is 5.73 Å². The zero-order chi connectivity index (χ0) is 17.9. The lowest BCUT2D eigenvalue weighted by atomic mass is 10.1. The van der Waals surface area contributed by atoms with Crippen molar-refractivity contribution in [2.75, 3.05) is 19.0 Å². The summed E-state index contributed by atoms with van der Waals surface area (Å²) in [7, 11) is 1.61.